The summed E-state index contributed by atoms with van der Waals surface area (Å²) in [6.45, 7) is 1.18. The number of hydrogen-bond donors (Lipinski definition) is 2. The van der Waals surface area contributed by atoms with Gasteiger partial charge in [-0.15, -0.1) is 0 Å². The summed E-state index contributed by atoms with van der Waals surface area (Å²) in [5, 5.41) is 12.6. The fourth-order valence-corrected chi connectivity index (χ4v) is 4.91. The average Bonchev–Trinajstić information content (AvgIpc) is 3.00. The molecule has 1 aliphatic heterocycles. The number of rotatable bonds is 10. The number of methoxy groups -OCH3 is 1. The van der Waals surface area contributed by atoms with Gasteiger partial charge in [0, 0.05) is 31.3 Å². The van der Waals surface area contributed by atoms with E-state index in [4.69, 9.17) is 14.2 Å². The first-order valence-electron chi connectivity index (χ1n) is 13.4. The van der Waals surface area contributed by atoms with Crippen LogP contribution in [0.2, 0.25) is 0 Å². The van der Waals surface area contributed by atoms with Crippen molar-refractivity contribution in [2.45, 2.75) is 31.7 Å². The van der Waals surface area contributed by atoms with Crippen LogP contribution in [-0.2, 0) is 18.0 Å². The van der Waals surface area contributed by atoms with Crippen molar-refractivity contribution in [3.05, 3.63) is 114 Å². The number of carbonyl (C=O) groups is 1. The number of aromatic nitrogens is 1. The molecule has 2 unspecified atom stereocenters. The van der Waals surface area contributed by atoms with Crippen molar-refractivity contribution in [1.29, 1.82) is 0 Å². The highest BCUT2D eigenvalue weighted by atomic mass is 19.1. The van der Waals surface area contributed by atoms with Crippen LogP contribution in [0.4, 0.5) is 20.6 Å². The summed E-state index contributed by atoms with van der Waals surface area (Å²) in [5.74, 6) is 0.0807. The number of carboxylic acid groups (broad SMARTS) is 1. The van der Waals surface area contributed by atoms with Gasteiger partial charge in [-0.3, -0.25) is 0 Å². The van der Waals surface area contributed by atoms with E-state index >= 15 is 4.39 Å². The van der Waals surface area contributed by atoms with Gasteiger partial charge in [0.15, 0.2) is 0 Å². The van der Waals surface area contributed by atoms with Gasteiger partial charge >= 0.3 is 6.09 Å². The summed E-state index contributed by atoms with van der Waals surface area (Å²) in [5.41, 5.74) is 3.57. The maximum absolute atomic E-state index is 15.4. The zero-order valence-electron chi connectivity index (χ0n) is 22.7. The lowest BCUT2D eigenvalue weighted by atomic mass is 9.86. The molecule has 1 aliphatic rings. The Labute approximate surface area is 238 Å². The molecular formula is C32H32FN3O5. The van der Waals surface area contributed by atoms with Crippen molar-refractivity contribution in [2.24, 2.45) is 0 Å². The van der Waals surface area contributed by atoms with Crippen molar-refractivity contribution in [3.63, 3.8) is 0 Å². The highest BCUT2D eigenvalue weighted by molar-refractivity contribution is 5.66. The highest BCUT2D eigenvalue weighted by Gasteiger charge is 2.34. The van der Waals surface area contributed by atoms with Gasteiger partial charge in [0.25, 0.3) is 0 Å². The van der Waals surface area contributed by atoms with Crippen molar-refractivity contribution < 1.29 is 28.5 Å². The Kier molecular flexibility index (Phi) is 8.95. The molecular weight excluding hydrogens is 525 g/mol. The lowest BCUT2D eigenvalue weighted by molar-refractivity contribution is 0.0170. The molecule has 1 amide bonds. The van der Waals surface area contributed by atoms with E-state index in [9.17, 15) is 9.90 Å². The molecule has 3 aromatic carbocycles. The molecule has 1 aromatic heterocycles. The molecule has 41 heavy (non-hydrogen) atoms. The van der Waals surface area contributed by atoms with E-state index in [2.05, 4.69) is 10.3 Å². The largest absolute Gasteiger partial charge is 0.473 e. The number of nitrogens with one attached hydrogen (secondary N) is 1. The SMILES string of the molecule is COC1CN(C(=O)O)CCC1c1ccc(Nc2ccc(OCc3ccccc3)nc2OCc2ccccc2)cc1F. The number of likely N-dealkylation sites (tertiary alicyclic amines) is 1. The van der Waals surface area contributed by atoms with Gasteiger partial charge in [-0.25, -0.2) is 9.18 Å². The third kappa shape index (κ3) is 7.12. The predicted octanol–water partition coefficient (Wildman–Crippen LogP) is 6.60. The maximum Gasteiger partial charge on any atom is 0.407 e. The normalized spacial score (nSPS) is 16.7. The van der Waals surface area contributed by atoms with E-state index in [0.29, 0.717) is 54.9 Å². The second-order valence-electron chi connectivity index (χ2n) is 9.81. The quantitative estimate of drug-likeness (QED) is 0.227. The molecule has 2 atom stereocenters. The molecule has 0 saturated carbocycles. The van der Waals surface area contributed by atoms with E-state index in [-0.39, 0.29) is 12.5 Å². The Hall–Kier alpha value is -4.63. The summed E-state index contributed by atoms with van der Waals surface area (Å²) in [4.78, 5) is 17.3. The van der Waals surface area contributed by atoms with Gasteiger partial charge in [-0.1, -0.05) is 66.7 Å². The van der Waals surface area contributed by atoms with Crippen LogP contribution in [0.25, 0.3) is 0 Å². The number of halogens is 1. The lowest BCUT2D eigenvalue weighted by Gasteiger charge is -2.36. The number of anilines is 2. The van der Waals surface area contributed by atoms with E-state index in [0.717, 1.165) is 11.1 Å². The number of piperidine rings is 1. The molecule has 4 aromatic rings. The Morgan fingerprint density at radius 2 is 1.66 bits per heavy atom. The van der Waals surface area contributed by atoms with Gasteiger partial charge in [0.05, 0.1) is 12.6 Å². The fraction of sp³-hybridized carbons (Fsp3) is 0.250. The number of pyridine rings is 1. The van der Waals surface area contributed by atoms with Crippen LogP contribution in [0, 0.1) is 5.82 Å². The Morgan fingerprint density at radius 1 is 0.976 bits per heavy atom. The first-order chi connectivity index (χ1) is 20.0. The molecule has 9 heteroatoms. The van der Waals surface area contributed by atoms with E-state index in [1.807, 2.05) is 60.7 Å². The second-order valence-corrected chi connectivity index (χ2v) is 9.81. The van der Waals surface area contributed by atoms with Crippen LogP contribution in [0.1, 0.15) is 29.0 Å². The standard InChI is InChI=1S/C32H32FN3O5/c1-39-29-19-36(32(37)38)17-16-26(29)25-13-12-24(18-27(25)33)34-28-14-15-30(40-20-22-8-4-2-5-9-22)35-31(28)41-21-23-10-6-3-7-11-23/h2-15,18,26,29,34H,16-17,19-21H2,1H3,(H,37,38). The minimum Gasteiger partial charge on any atom is -0.473 e. The zero-order valence-corrected chi connectivity index (χ0v) is 22.7. The number of nitrogens with zero attached hydrogens (tertiary/aromatic N) is 2. The number of benzene rings is 3. The van der Waals surface area contributed by atoms with Crippen molar-refractivity contribution >= 4 is 17.5 Å². The molecule has 2 heterocycles. The molecule has 1 fully saturated rings. The van der Waals surface area contributed by atoms with Crippen LogP contribution < -0.4 is 14.8 Å². The van der Waals surface area contributed by atoms with E-state index in [1.54, 1.807) is 24.3 Å². The molecule has 2 N–H and O–H groups in total. The number of hydrogen-bond acceptors (Lipinski definition) is 6. The smallest absolute Gasteiger partial charge is 0.407 e. The van der Waals surface area contributed by atoms with Crippen LogP contribution >= 0.6 is 0 Å². The molecule has 0 bridgehead atoms. The van der Waals surface area contributed by atoms with Crippen LogP contribution in [-0.4, -0.2) is 47.4 Å². The summed E-state index contributed by atoms with van der Waals surface area (Å²) in [6.07, 6.45) is -0.958. The summed E-state index contributed by atoms with van der Waals surface area (Å²) in [6, 6.07) is 28.0. The molecule has 5 rings (SSSR count). The molecule has 212 valence electrons. The molecule has 0 aliphatic carbocycles. The lowest BCUT2D eigenvalue weighted by Crippen LogP contribution is -2.46. The van der Waals surface area contributed by atoms with Gasteiger partial charge < -0.3 is 29.5 Å². The van der Waals surface area contributed by atoms with E-state index < -0.39 is 18.0 Å². The molecule has 8 nitrogen and oxygen atoms in total. The van der Waals surface area contributed by atoms with Crippen LogP contribution in [0.5, 0.6) is 11.8 Å². The average molecular weight is 558 g/mol. The second kappa shape index (κ2) is 13.1. The van der Waals surface area contributed by atoms with Gasteiger partial charge in [-0.2, -0.15) is 4.98 Å². The summed E-state index contributed by atoms with van der Waals surface area (Å²) < 4.78 is 32.9. The third-order valence-electron chi connectivity index (χ3n) is 7.09. The Bertz CT molecular complexity index is 1450. The minimum atomic E-state index is -0.999. The monoisotopic (exact) mass is 557 g/mol. The highest BCUT2D eigenvalue weighted by Crippen LogP contribution is 2.35. The summed E-state index contributed by atoms with van der Waals surface area (Å²) >= 11 is 0. The molecule has 0 radical (unpaired) electrons. The summed E-state index contributed by atoms with van der Waals surface area (Å²) in [7, 11) is 1.52. The Morgan fingerprint density at radius 3 is 2.29 bits per heavy atom. The fourth-order valence-electron chi connectivity index (χ4n) is 4.91. The van der Waals surface area contributed by atoms with Crippen LogP contribution in [0.15, 0.2) is 91.0 Å². The van der Waals surface area contributed by atoms with Crippen molar-refractivity contribution in [3.8, 4) is 11.8 Å². The molecule has 0 spiro atoms. The van der Waals surface area contributed by atoms with Crippen molar-refractivity contribution in [1.82, 2.24) is 9.88 Å². The Balaban J connectivity index is 1.34. The number of ether oxygens (including phenoxy) is 3. The van der Waals surface area contributed by atoms with Gasteiger partial charge in [0.1, 0.15) is 24.7 Å². The van der Waals surface area contributed by atoms with Gasteiger partial charge in [-0.05, 0) is 41.3 Å². The topological polar surface area (TPSA) is 93.2 Å². The van der Waals surface area contributed by atoms with E-state index in [1.165, 1.54) is 18.1 Å². The first kappa shape index (κ1) is 27.9. The molecule has 1 saturated heterocycles. The van der Waals surface area contributed by atoms with Crippen LogP contribution in [0.3, 0.4) is 0 Å². The van der Waals surface area contributed by atoms with Crippen molar-refractivity contribution in [2.75, 3.05) is 25.5 Å². The third-order valence-corrected chi connectivity index (χ3v) is 7.09. The zero-order chi connectivity index (χ0) is 28.6. The van der Waals surface area contributed by atoms with Gasteiger partial charge in [0.2, 0.25) is 11.8 Å². The maximum atomic E-state index is 15.4. The first-order valence-corrected chi connectivity index (χ1v) is 13.4. The predicted molar refractivity (Wildman–Crippen MR) is 153 cm³/mol. The number of amides is 1. The minimum absolute atomic E-state index is 0.197.